The summed E-state index contributed by atoms with van der Waals surface area (Å²) in [7, 11) is -3.61. The van der Waals surface area contributed by atoms with Crippen LogP contribution in [0.15, 0.2) is 29.2 Å². The van der Waals surface area contributed by atoms with Gasteiger partial charge in [0, 0.05) is 18.2 Å². The predicted molar refractivity (Wildman–Crippen MR) is 101 cm³/mol. The standard InChI is InChI=1S/C17H21N5O3S2/c23-16(18-10-15-20-21-17(26)22(15)13-6-7-13)12-2-1-3-14(8-12)27(24,25)19-9-11-4-5-11/h1-3,8,11,13,19H,4-7,9-10H2,(H,18,23)(H,21,26). The number of carbonyl (C=O) groups excluding carboxylic acids is 1. The van der Waals surface area contributed by atoms with E-state index >= 15 is 0 Å². The van der Waals surface area contributed by atoms with Crippen LogP contribution < -0.4 is 10.0 Å². The first-order chi connectivity index (χ1) is 12.9. The van der Waals surface area contributed by atoms with Crippen molar-refractivity contribution in [3.63, 3.8) is 0 Å². The molecule has 0 atom stereocenters. The summed E-state index contributed by atoms with van der Waals surface area (Å²) in [5.74, 6) is 0.753. The smallest absolute Gasteiger partial charge is 0.251 e. The Hall–Kier alpha value is -2.04. The van der Waals surface area contributed by atoms with E-state index in [0.29, 0.717) is 29.1 Å². The van der Waals surface area contributed by atoms with E-state index in [1.807, 2.05) is 4.57 Å². The van der Waals surface area contributed by atoms with E-state index in [1.54, 1.807) is 12.1 Å². The molecule has 2 saturated carbocycles. The van der Waals surface area contributed by atoms with Gasteiger partial charge in [-0.05, 0) is 62.0 Å². The molecule has 0 aliphatic heterocycles. The molecule has 0 spiro atoms. The predicted octanol–water partition coefficient (Wildman–Crippen LogP) is 1.89. The molecule has 2 aromatic rings. The van der Waals surface area contributed by atoms with Crippen LogP contribution in [0.2, 0.25) is 0 Å². The van der Waals surface area contributed by atoms with Gasteiger partial charge in [-0.15, -0.1) is 0 Å². The average Bonchev–Trinajstić information content (AvgIpc) is 3.58. The van der Waals surface area contributed by atoms with Gasteiger partial charge in [-0.1, -0.05) is 6.07 Å². The third-order valence-corrected chi connectivity index (χ3v) is 6.47. The first-order valence-corrected chi connectivity index (χ1v) is 10.9. The van der Waals surface area contributed by atoms with Crippen LogP contribution in [-0.4, -0.2) is 35.6 Å². The minimum atomic E-state index is -3.61. The molecule has 0 bridgehead atoms. The molecule has 1 heterocycles. The fraction of sp³-hybridized carbons (Fsp3) is 0.471. The fourth-order valence-corrected chi connectivity index (χ4v) is 4.33. The number of amides is 1. The monoisotopic (exact) mass is 407 g/mol. The molecule has 10 heteroatoms. The number of H-pyrrole nitrogens is 1. The first-order valence-electron chi connectivity index (χ1n) is 8.98. The van der Waals surface area contributed by atoms with Crippen LogP contribution in [0.1, 0.15) is 47.9 Å². The van der Waals surface area contributed by atoms with Gasteiger partial charge in [0.2, 0.25) is 10.0 Å². The lowest BCUT2D eigenvalue weighted by atomic mass is 10.2. The molecule has 27 heavy (non-hydrogen) atoms. The zero-order valence-electron chi connectivity index (χ0n) is 14.6. The number of benzene rings is 1. The molecular weight excluding hydrogens is 386 g/mol. The van der Waals surface area contributed by atoms with Crippen LogP contribution >= 0.6 is 12.2 Å². The second-order valence-electron chi connectivity index (χ2n) is 7.05. The molecule has 1 aromatic heterocycles. The zero-order chi connectivity index (χ0) is 19.0. The third kappa shape index (κ3) is 4.28. The van der Waals surface area contributed by atoms with Crippen LogP contribution in [0.5, 0.6) is 0 Å². The molecule has 2 aliphatic rings. The van der Waals surface area contributed by atoms with Gasteiger partial charge < -0.3 is 5.32 Å². The van der Waals surface area contributed by atoms with E-state index in [2.05, 4.69) is 20.2 Å². The van der Waals surface area contributed by atoms with Crippen molar-refractivity contribution in [2.24, 2.45) is 5.92 Å². The maximum atomic E-state index is 12.5. The minimum Gasteiger partial charge on any atom is -0.345 e. The van der Waals surface area contributed by atoms with E-state index in [9.17, 15) is 13.2 Å². The van der Waals surface area contributed by atoms with Crippen molar-refractivity contribution in [2.45, 2.75) is 43.2 Å². The maximum Gasteiger partial charge on any atom is 0.251 e. The highest BCUT2D eigenvalue weighted by Gasteiger charge is 2.27. The van der Waals surface area contributed by atoms with E-state index in [-0.39, 0.29) is 22.9 Å². The highest BCUT2D eigenvalue weighted by atomic mass is 32.2. The van der Waals surface area contributed by atoms with Crippen LogP contribution in [0, 0.1) is 10.7 Å². The van der Waals surface area contributed by atoms with Crippen LogP contribution in [0.25, 0.3) is 0 Å². The Morgan fingerprint density at radius 3 is 2.78 bits per heavy atom. The summed E-state index contributed by atoms with van der Waals surface area (Å²) in [5, 5.41) is 9.71. The number of hydrogen-bond acceptors (Lipinski definition) is 5. The van der Waals surface area contributed by atoms with Crippen molar-refractivity contribution in [3.05, 3.63) is 40.4 Å². The van der Waals surface area contributed by atoms with Crippen LogP contribution in [0.3, 0.4) is 0 Å². The fourth-order valence-electron chi connectivity index (χ4n) is 2.87. The Bertz CT molecular complexity index is 1020. The van der Waals surface area contributed by atoms with Crippen molar-refractivity contribution in [1.29, 1.82) is 0 Å². The molecule has 144 valence electrons. The third-order valence-electron chi connectivity index (χ3n) is 4.76. The van der Waals surface area contributed by atoms with Crippen LogP contribution in [0.4, 0.5) is 0 Å². The van der Waals surface area contributed by atoms with E-state index < -0.39 is 10.0 Å². The minimum absolute atomic E-state index is 0.0939. The van der Waals surface area contributed by atoms with E-state index in [0.717, 1.165) is 25.7 Å². The van der Waals surface area contributed by atoms with Gasteiger partial charge in [-0.25, -0.2) is 13.1 Å². The average molecular weight is 408 g/mol. The second kappa shape index (κ2) is 7.17. The summed E-state index contributed by atoms with van der Waals surface area (Å²) in [4.78, 5) is 12.6. The number of aromatic amines is 1. The van der Waals surface area contributed by atoms with Gasteiger partial charge in [0.15, 0.2) is 10.6 Å². The maximum absolute atomic E-state index is 12.5. The van der Waals surface area contributed by atoms with Gasteiger partial charge in [0.25, 0.3) is 5.91 Å². The Balaban J connectivity index is 1.43. The summed E-state index contributed by atoms with van der Waals surface area (Å²) in [6, 6.07) is 6.40. The summed E-state index contributed by atoms with van der Waals surface area (Å²) in [6.45, 7) is 0.669. The SMILES string of the molecule is O=C(NCc1n[nH]c(=S)n1C1CC1)c1cccc(S(=O)(=O)NCC2CC2)c1. The van der Waals surface area contributed by atoms with Crippen molar-refractivity contribution < 1.29 is 13.2 Å². The molecular formula is C17H21N5O3S2. The lowest BCUT2D eigenvalue weighted by Gasteiger charge is -2.09. The molecule has 1 amide bonds. The highest BCUT2D eigenvalue weighted by molar-refractivity contribution is 7.89. The van der Waals surface area contributed by atoms with Gasteiger partial charge >= 0.3 is 0 Å². The van der Waals surface area contributed by atoms with Crippen LogP contribution in [-0.2, 0) is 16.6 Å². The van der Waals surface area contributed by atoms with Gasteiger partial charge in [-0.2, -0.15) is 5.10 Å². The number of hydrogen-bond donors (Lipinski definition) is 3. The Labute approximate surface area is 162 Å². The normalized spacial score (nSPS) is 17.0. The van der Waals surface area contributed by atoms with Gasteiger partial charge in [-0.3, -0.25) is 14.5 Å². The number of aromatic nitrogens is 3. The lowest BCUT2D eigenvalue weighted by Crippen LogP contribution is -2.27. The summed E-state index contributed by atoms with van der Waals surface area (Å²) in [6.07, 6.45) is 4.24. The summed E-state index contributed by atoms with van der Waals surface area (Å²) in [5.41, 5.74) is 0.288. The Kier molecular flexibility index (Phi) is 4.87. The molecule has 2 aliphatic carbocycles. The van der Waals surface area contributed by atoms with Gasteiger partial charge in [0.05, 0.1) is 11.4 Å². The van der Waals surface area contributed by atoms with E-state index in [1.165, 1.54) is 12.1 Å². The van der Waals surface area contributed by atoms with Crippen molar-refractivity contribution in [2.75, 3.05) is 6.54 Å². The number of rotatable bonds is 8. The molecule has 4 rings (SSSR count). The van der Waals surface area contributed by atoms with Crippen molar-refractivity contribution >= 4 is 28.1 Å². The summed E-state index contributed by atoms with van der Waals surface area (Å²) < 4.78 is 29.8. The topological polar surface area (TPSA) is 109 Å². The first kappa shape index (κ1) is 18.3. The number of nitrogens with zero attached hydrogens (tertiary/aromatic N) is 2. The quantitative estimate of drug-likeness (QED) is 0.579. The Morgan fingerprint density at radius 1 is 1.30 bits per heavy atom. The van der Waals surface area contributed by atoms with Crippen molar-refractivity contribution in [3.8, 4) is 0 Å². The number of sulfonamides is 1. The largest absolute Gasteiger partial charge is 0.345 e. The molecule has 0 radical (unpaired) electrons. The number of carbonyl (C=O) groups is 1. The molecule has 1 aromatic carbocycles. The van der Waals surface area contributed by atoms with Crippen molar-refractivity contribution in [1.82, 2.24) is 24.8 Å². The Morgan fingerprint density at radius 2 is 2.07 bits per heavy atom. The number of nitrogens with one attached hydrogen (secondary N) is 3. The molecule has 8 nitrogen and oxygen atoms in total. The van der Waals surface area contributed by atoms with Gasteiger partial charge in [0.1, 0.15) is 0 Å². The second-order valence-corrected chi connectivity index (χ2v) is 9.21. The highest BCUT2D eigenvalue weighted by Crippen LogP contribution is 2.35. The molecule has 0 unspecified atom stereocenters. The summed E-state index contributed by atoms with van der Waals surface area (Å²) >= 11 is 5.23. The zero-order valence-corrected chi connectivity index (χ0v) is 16.3. The molecule has 0 saturated heterocycles. The van der Waals surface area contributed by atoms with E-state index in [4.69, 9.17) is 12.2 Å². The molecule has 2 fully saturated rings. The molecule has 3 N–H and O–H groups in total. The lowest BCUT2D eigenvalue weighted by molar-refractivity contribution is 0.0949.